The van der Waals surface area contributed by atoms with Crippen molar-refractivity contribution in [3.8, 4) is 0 Å². The third-order valence-electron chi connectivity index (χ3n) is 1.94. The second-order valence-corrected chi connectivity index (χ2v) is 5.53. The summed E-state index contributed by atoms with van der Waals surface area (Å²) in [6, 6.07) is 5.89. The Kier molecular flexibility index (Phi) is 2.87. The maximum absolute atomic E-state index is 5.91. The maximum Gasteiger partial charge on any atom is 0.124 e. The van der Waals surface area contributed by atoms with Crippen molar-refractivity contribution in [3.05, 3.63) is 34.9 Å². The molecule has 0 unspecified atom stereocenters. The standard InChI is InChI=1S/C9H9Cl2Si/c1-6-4-3-5-8(7(6)2)9(10,11)12/h3-5H,1-2H3. The third kappa shape index (κ3) is 2.03. The molecule has 0 amide bonds. The largest absolute Gasteiger partial charge is 0.124 e. The van der Waals surface area contributed by atoms with Gasteiger partial charge in [-0.2, -0.15) is 0 Å². The summed E-state index contributed by atoms with van der Waals surface area (Å²) < 4.78 is -0.976. The van der Waals surface area contributed by atoms with Gasteiger partial charge in [0, 0.05) is 0 Å². The lowest BCUT2D eigenvalue weighted by Gasteiger charge is -2.17. The number of benzene rings is 1. The van der Waals surface area contributed by atoms with Crippen LogP contribution in [0, 0.1) is 13.8 Å². The summed E-state index contributed by atoms with van der Waals surface area (Å²) in [7, 11) is 3.25. The van der Waals surface area contributed by atoms with Crippen LogP contribution in [-0.4, -0.2) is 10.2 Å². The average molecular weight is 216 g/mol. The molecule has 0 atom stereocenters. The van der Waals surface area contributed by atoms with E-state index in [0.717, 1.165) is 11.1 Å². The van der Waals surface area contributed by atoms with Gasteiger partial charge in [-0.3, -0.25) is 0 Å². The Morgan fingerprint density at radius 1 is 1.25 bits per heavy atom. The molecule has 0 heterocycles. The highest BCUT2D eigenvalue weighted by Gasteiger charge is 2.21. The number of rotatable bonds is 1. The summed E-state index contributed by atoms with van der Waals surface area (Å²) in [4.78, 5) is 0. The predicted octanol–water partition coefficient (Wildman–Crippen LogP) is 3.06. The fourth-order valence-corrected chi connectivity index (χ4v) is 1.77. The van der Waals surface area contributed by atoms with Crippen molar-refractivity contribution in [2.24, 2.45) is 0 Å². The molecule has 3 radical (unpaired) electrons. The first-order valence-corrected chi connectivity index (χ1v) is 4.88. The Hall–Kier alpha value is 0.0169. The van der Waals surface area contributed by atoms with E-state index >= 15 is 0 Å². The van der Waals surface area contributed by atoms with Crippen LogP contribution < -0.4 is 0 Å². The van der Waals surface area contributed by atoms with E-state index in [1.165, 1.54) is 5.56 Å². The number of hydrogen-bond donors (Lipinski definition) is 0. The van der Waals surface area contributed by atoms with Gasteiger partial charge in [-0.15, -0.1) is 23.2 Å². The highest BCUT2D eigenvalue weighted by Crippen LogP contribution is 2.32. The first kappa shape index (κ1) is 10.1. The second kappa shape index (κ2) is 3.41. The van der Waals surface area contributed by atoms with Crippen LogP contribution in [0.4, 0.5) is 0 Å². The Morgan fingerprint density at radius 3 is 2.25 bits per heavy atom. The number of halogens is 2. The van der Waals surface area contributed by atoms with Crippen molar-refractivity contribution in [2.45, 2.75) is 17.8 Å². The summed E-state index contributed by atoms with van der Waals surface area (Å²) in [5.41, 5.74) is 3.22. The summed E-state index contributed by atoms with van der Waals surface area (Å²) in [5.74, 6) is 0. The van der Waals surface area contributed by atoms with E-state index in [1.807, 2.05) is 32.0 Å². The molecule has 0 aromatic heterocycles. The summed E-state index contributed by atoms with van der Waals surface area (Å²) in [6.45, 7) is 4.04. The van der Waals surface area contributed by atoms with E-state index in [4.69, 9.17) is 23.2 Å². The smallest absolute Gasteiger partial charge is 0.102 e. The first-order chi connectivity index (χ1) is 5.43. The zero-order valence-corrected chi connectivity index (χ0v) is 9.50. The minimum Gasteiger partial charge on any atom is -0.102 e. The van der Waals surface area contributed by atoms with Gasteiger partial charge in [0.05, 0.1) is 10.2 Å². The predicted molar refractivity (Wildman–Crippen MR) is 55.1 cm³/mol. The van der Waals surface area contributed by atoms with E-state index in [-0.39, 0.29) is 0 Å². The molecule has 0 spiro atoms. The highest BCUT2D eigenvalue weighted by molar-refractivity contribution is 6.64. The molecule has 0 aliphatic heterocycles. The van der Waals surface area contributed by atoms with Crippen molar-refractivity contribution < 1.29 is 0 Å². The van der Waals surface area contributed by atoms with Crippen LogP contribution >= 0.6 is 23.2 Å². The lowest BCUT2D eigenvalue weighted by Crippen LogP contribution is -2.11. The van der Waals surface area contributed by atoms with Crippen LogP contribution in [0.2, 0.25) is 0 Å². The molecular formula is C9H9Cl2Si. The second-order valence-electron chi connectivity index (χ2n) is 2.82. The van der Waals surface area contributed by atoms with E-state index in [0.29, 0.717) is 0 Å². The van der Waals surface area contributed by atoms with Crippen molar-refractivity contribution in [3.63, 3.8) is 0 Å². The summed E-state index contributed by atoms with van der Waals surface area (Å²) in [5, 5.41) is 0. The minimum absolute atomic E-state index is 0.905. The van der Waals surface area contributed by atoms with Gasteiger partial charge in [-0.25, -0.2) is 0 Å². The number of hydrogen-bond acceptors (Lipinski definition) is 0. The molecule has 0 N–H and O–H groups in total. The Balaban J connectivity index is 3.26. The van der Waals surface area contributed by atoms with E-state index in [1.54, 1.807) is 0 Å². The van der Waals surface area contributed by atoms with Crippen molar-refractivity contribution in [1.29, 1.82) is 0 Å². The fourth-order valence-electron chi connectivity index (χ4n) is 1.09. The Morgan fingerprint density at radius 2 is 1.83 bits per heavy atom. The van der Waals surface area contributed by atoms with Gasteiger partial charge < -0.3 is 0 Å². The quantitative estimate of drug-likeness (QED) is 0.500. The molecule has 3 heteroatoms. The first-order valence-electron chi connectivity index (χ1n) is 3.62. The zero-order chi connectivity index (χ0) is 9.35. The lowest BCUT2D eigenvalue weighted by molar-refractivity contribution is 1.16. The van der Waals surface area contributed by atoms with Crippen LogP contribution in [0.15, 0.2) is 18.2 Å². The monoisotopic (exact) mass is 215 g/mol. The normalized spacial score (nSPS) is 11.8. The van der Waals surface area contributed by atoms with Crippen molar-refractivity contribution in [1.82, 2.24) is 0 Å². The van der Waals surface area contributed by atoms with Crippen LogP contribution in [0.1, 0.15) is 16.7 Å². The van der Waals surface area contributed by atoms with Crippen LogP contribution in [0.5, 0.6) is 0 Å². The molecular weight excluding hydrogens is 207 g/mol. The van der Waals surface area contributed by atoms with Gasteiger partial charge in [-0.1, -0.05) is 18.2 Å². The average Bonchev–Trinajstić information content (AvgIpc) is 1.92. The molecule has 1 rings (SSSR count). The van der Waals surface area contributed by atoms with Crippen LogP contribution in [-0.2, 0) is 3.96 Å². The molecule has 1 aromatic carbocycles. The van der Waals surface area contributed by atoms with Crippen LogP contribution in [0.3, 0.4) is 0 Å². The molecule has 1 aromatic rings. The van der Waals surface area contributed by atoms with Crippen LogP contribution in [0.25, 0.3) is 0 Å². The van der Waals surface area contributed by atoms with E-state index in [9.17, 15) is 0 Å². The lowest BCUT2D eigenvalue weighted by atomic mass is 10.0. The molecule has 0 bridgehead atoms. The Bertz CT molecular complexity index is 289. The topological polar surface area (TPSA) is 0 Å². The molecule has 0 nitrogen and oxygen atoms in total. The molecule has 12 heavy (non-hydrogen) atoms. The van der Waals surface area contributed by atoms with Gasteiger partial charge >= 0.3 is 0 Å². The SMILES string of the molecule is Cc1cccc(C([Si])(Cl)Cl)c1C. The number of aryl methyl sites for hydroxylation is 1. The van der Waals surface area contributed by atoms with Crippen molar-refractivity contribution >= 4 is 33.4 Å². The molecule has 0 fully saturated rings. The maximum atomic E-state index is 5.91. The van der Waals surface area contributed by atoms with E-state index < -0.39 is 3.96 Å². The third-order valence-corrected chi connectivity index (χ3v) is 2.62. The van der Waals surface area contributed by atoms with E-state index in [2.05, 4.69) is 10.2 Å². The zero-order valence-electron chi connectivity index (χ0n) is 6.99. The van der Waals surface area contributed by atoms with Gasteiger partial charge in [-0.05, 0) is 30.5 Å². The molecule has 0 saturated carbocycles. The van der Waals surface area contributed by atoms with Gasteiger partial charge in [0.2, 0.25) is 0 Å². The Labute approximate surface area is 86.3 Å². The molecule has 0 aliphatic carbocycles. The molecule has 0 saturated heterocycles. The van der Waals surface area contributed by atoms with Gasteiger partial charge in [0.15, 0.2) is 0 Å². The molecule has 0 aliphatic rings. The number of alkyl halides is 2. The summed E-state index contributed by atoms with van der Waals surface area (Å²) >= 11 is 11.8. The molecule has 63 valence electrons. The van der Waals surface area contributed by atoms with Gasteiger partial charge in [0.25, 0.3) is 0 Å². The van der Waals surface area contributed by atoms with Crippen molar-refractivity contribution in [2.75, 3.05) is 0 Å². The van der Waals surface area contributed by atoms with Gasteiger partial charge in [0.1, 0.15) is 3.96 Å². The fraction of sp³-hybridized carbons (Fsp3) is 0.333. The summed E-state index contributed by atoms with van der Waals surface area (Å²) in [6.07, 6.45) is 0. The minimum atomic E-state index is -0.976. The highest BCUT2D eigenvalue weighted by atomic mass is 35.5.